The molecule has 3 N–H and O–H groups in total. The van der Waals surface area contributed by atoms with Crippen LogP contribution in [0.2, 0.25) is 0 Å². The molecule has 20 heavy (non-hydrogen) atoms. The fourth-order valence-electron chi connectivity index (χ4n) is 2.37. The highest BCUT2D eigenvalue weighted by Gasteiger charge is 2.28. The van der Waals surface area contributed by atoms with Gasteiger partial charge in [0.05, 0.1) is 6.04 Å². The van der Waals surface area contributed by atoms with Gasteiger partial charge in [0, 0.05) is 12.6 Å². The van der Waals surface area contributed by atoms with Crippen LogP contribution in [0.25, 0.3) is 0 Å². The van der Waals surface area contributed by atoms with Crippen molar-refractivity contribution in [1.82, 2.24) is 10.2 Å². The fraction of sp³-hybridized carbons (Fsp3) is 0.938. The molecule has 0 rings (SSSR count). The largest absolute Gasteiger partial charge is 0.353 e. The number of nitrogens with one attached hydrogen (secondary N) is 1. The van der Waals surface area contributed by atoms with Crippen LogP contribution < -0.4 is 11.1 Å². The van der Waals surface area contributed by atoms with Gasteiger partial charge in [-0.2, -0.15) is 0 Å². The molecule has 4 heteroatoms. The zero-order valence-corrected chi connectivity index (χ0v) is 14.5. The van der Waals surface area contributed by atoms with Gasteiger partial charge in [0.2, 0.25) is 5.91 Å². The molecule has 0 saturated heterocycles. The molecule has 0 fully saturated rings. The van der Waals surface area contributed by atoms with Gasteiger partial charge in [-0.3, -0.25) is 9.69 Å². The Morgan fingerprint density at radius 2 is 1.70 bits per heavy atom. The average Bonchev–Trinajstić information content (AvgIpc) is 2.34. The molecule has 4 nitrogen and oxygen atoms in total. The van der Waals surface area contributed by atoms with Crippen molar-refractivity contribution in [2.24, 2.45) is 17.1 Å². The van der Waals surface area contributed by atoms with E-state index in [1.54, 1.807) is 0 Å². The Morgan fingerprint density at radius 1 is 1.20 bits per heavy atom. The zero-order valence-electron chi connectivity index (χ0n) is 14.5. The van der Waals surface area contributed by atoms with Crippen molar-refractivity contribution in [3.8, 4) is 0 Å². The molecule has 0 aromatic heterocycles. The van der Waals surface area contributed by atoms with Crippen molar-refractivity contribution in [3.63, 3.8) is 0 Å². The van der Waals surface area contributed by atoms with Crippen LogP contribution in [0.5, 0.6) is 0 Å². The maximum atomic E-state index is 12.1. The third-order valence-electron chi connectivity index (χ3n) is 3.80. The maximum absolute atomic E-state index is 12.1. The second-order valence-electron chi connectivity index (χ2n) is 7.09. The molecule has 1 amide bonds. The van der Waals surface area contributed by atoms with Gasteiger partial charge in [-0.25, -0.2) is 0 Å². The molecule has 1 unspecified atom stereocenters. The Kier molecular flexibility index (Phi) is 8.36. The summed E-state index contributed by atoms with van der Waals surface area (Å²) >= 11 is 0. The van der Waals surface area contributed by atoms with E-state index in [-0.39, 0.29) is 11.3 Å². The second-order valence-corrected chi connectivity index (χ2v) is 7.09. The van der Waals surface area contributed by atoms with Crippen LogP contribution in [0.4, 0.5) is 0 Å². The number of rotatable bonds is 8. The van der Waals surface area contributed by atoms with Crippen molar-refractivity contribution in [2.75, 3.05) is 19.6 Å². The van der Waals surface area contributed by atoms with E-state index in [9.17, 15) is 4.79 Å². The van der Waals surface area contributed by atoms with Crippen molar-refractivity contribution in [1.29, 1.82) is 0 Å². The molecule has 0 radical (unpaired) electrons. The summed E-state index contributed by atoms with van der Waals surface area (Å²) in [5, 5.41) is 3.04. The average molecular weight is 285 g/mol. The van der Waals surface area contributed by atoms with Gasteiger partial charge in [0.25, 0.3) is 0 Å². The lowest BCUT2D eigenvalue weighted by Gasteiger charge is -2.32. The number of nitrogens with zero attached hydrogens (tertiary/aromatic N) is 1. The maximum Gasteiger partial charge on any atom is 0.237 e. The van der Waals surface area contributed by atoms with E-state index < -0.39 is 6.04 Å². The first-order chi connectivity index (χ1) is 9.13. The number of amides is 1. The molecule has 0 bridgehead atoms. The van der Waals surface area contributed by atoms with E-state index in [4.69, 9.17) is 5.73 Å². The smallest absolute Gasteiger partial charge is 0.237 e. The molecule has 0 saturated carbocycles. The summed E-state index contributed by atoms with van der Waals surface area (Å²) < 4.78 is 0. The summed E-state index contributed by atoms with van der Waals surface area (Å²) in [5.74, 6) is 0.576. The molecular formula is C16H35N3O. The van der Waals surface area contributed by atoms with Crippen LogP contribution in [0.15, 0.2) is 0 Å². The lowest BCUT2D eigenvalue weighted by Crippen LogP contribution is -2.52. The molecule has 0 heterocycles. The lowest BCUT2D eigenvalue weighted by atomic mass is 9.87. The SMILES string of the molecule is CCN(CC)C(CNC(=O)[C@@H](N)C(C)(C)C)CC(C)C. The van der Waals surface area contributed by atoms with Gasteiger partial charge in [-0.05, 0) is 30.8 Å². The summed E-state index contributed by atoms with van der Waals surface area (Å²) in [5.41, 5.74) is 5.80. The fourth-order valence-corrected chi connectivity index (χ4v) is 2.37. The highest BCUT2D eigenvalue weighted by Crippen LogP contribution is 2.17. The first-order valence-electron chi connectivity index (χ1n) is 7.90. The van der Waals surface area contributed by atoms with Gasteiger partial charge >= 0.3 is 0 Å². The van der Waals surface area contributed by atoms with Crippen LogP contribution in [0, 0.1) is 11.3 Å². The Bertz CT molecular complexity index is 280. The number of likely N-dealkylation sites (N-methyl/N-ethyl adjacent to an activating group) is 1. The van der Waals surface area contributed by atoms with E-state index in [0.29, 0.717) is 18.5 Å². The van der Waals surface area contributed by atoms with E-state index >= 15 is 0 Å². The van der Waals surface area contributed by atoms with Gasteiger partial charge in [0.1, 0.15) is 0 Å². The summed E-state index contributed by atoms with van der Waals surface area (Å²) in [6.45, 7) is 17.5. The highest BCUT2D eigenvalue weighted by atomic mass is 16.2. The van der Waals surface area contributed by atoms with Gasteiger partial charge in [0.15, 0.2) is 0 Å². The predicted molar refractivity (Wildman–Crippen MR) is 86.6 cm³/mol. The van der Waals surface area contributed by atoms with Gasteiger partial charge in [-0.15, -0.1) is 0 Å². The standard InChI is InChI=1S/C16H35N3O/c1-8-19(9-2)13(10-12(3)4)11-18-15(20)14(17)16(5,6)7/h12-14H,8-11,17H2,1-7H3,(H,18,20)/t13?,14-/m1/s1. The van der Waals surface area contributed by atoms with Crippen molar-refractivity contribution >= 4 is 5.91 Å². The van der Waals surface area contributed by atoms with Crippen LogP contribution in [-0.4, -0.2) is 42.5 Å². The summed E-state index contributed by atoms with van der Waals surface area (Å²) in [4.78, 5) is 14.5. The monoisotopic (exact) mass is 285 g/mol. The van der Waals surface area contributed by atoms with Crippen LogP contribution >= 0.6 is 0 Å². The van der Waals surface area contributed by atoms with Gasteiger partial charge in [-0.1, -0.05) is 48.5 Å². The van der Waals surface area contributed by atoms with Crippen molar-refractivity contribution in [2.45, 2.75) is 67.0 Å². The van der Waals surface area contributed by atoms with Gasteiger partial charge < -0.3 is 11.1 Å². The third-order valence-corrected chi connectivity index (χ3v) is 3.80. The molecule has 2 atom stereocenters. The normalized spacial score (nSPS) is 15.5. The Labute approximate surface area is 125 Å². The lowest BCUT2D eigenvalue weighted by molar-refractivity contribution is -0.124. The van der Waals surface area contributed by atoms with Crippen LogP contribution in [-0.2, 0) is 4.79 Å². The molecule has 0 aliphatic heterocycles. The second kappa shape index (κ2) is 8.63. The molecule has 0 spiro atoms. The van der Waals surface area contributed by atoms with E-state index in [1.165, 1.54) is 0 Å². The molecular weight excluding hydrogens is 250 g/mol. The number of carbonyl (C=O) groups is 1. The van der Waals surface area contributed by atoms with Crippen LogP contribution in [0.3, 0.4) is 0 Å². The minimum Gasteiger partial charge on any atom is -0.353 e. The topological polar surface area (TPSA) is 58.4 Å². The first kappa shape index (κ1) is 19.4. The van der Waals surface area contributed by atoms with E-state index in [2.05, 4.69) is 37.9 Å². The molecule has 0 aliphatic carbocycles. The van der Waals surface area contributed by atoms with Crippen molar-refractivity contribution < 1.29 is 4.79 Å². The minimum absolute atomic E-state index is 0.0431. The Hall–Kier alpha value is -0.610. The minimum atomic E-state index is -0.459. The van der Waals surface area contributed by atoms with E-state index in [0.717, 1.165) is 19.5 Å². The molecule has 0 aliphatic rings. The Balaban J connectivity index is 4.56. The molecule has 120 valence electrons. The number of nitrogens with two attached hydrogens (primary N) is 1. The highest BCUT2D eigenvalue weighted by molar-refractivity contribution is 5.82. The number of hydrogen-bond donors (Lipinski definition) is 2. The molecule has 0 aromatic rings. The third kappa shape index (κ3) is 6.71. The van der Waals surface area contributed by atoms with Crippen molar-refractivity contribution in [3.05, 3.63) is 0 Å². The molecule has 0 aromatic carbocycles. The zero-order chi connectivity index (χ0) is 15.9. The predicted octanol–water partition coefficient (Wildman–Crippen LogP) is 2.23. The summed E-state index contributed by atoms with van der Waals surface area (Å²) in [7, 11) is 0. The van der Waals surface area contributed by atoms with E-state index in [1.807, 2.05) is 20.8 Å². The quantitative estimate of drug-likeness (QED) is 0.719. The Morgan fingerprint density at radius 3 is 2.05 bits per heavy atom. The van der Waals surface area contributed by atoms with Crippen LogP contribution in [0.1, 0.15) is 54.9 Å². The first-order valence-corrected chi connectivity index (χ1v) is 7.90. The number of carbonyl (C=O) groups excluding carboxylic acids is 1. The summed E-state index contributed by atoms with van der Waals surface area (Å²) in [6.07, 6.45) is 1.09. The number of hydrogen-bond acceptors (Lipinski definition) is 3. The summed E-state index contributed by atoms with van der Waals surface area (Å²) in [6, 6.07) is -0.0694.